The predicted molar refractivity (Wildman–Crippen MR) is 65.2 cm³/mol. The molecule has 0 saturated heterocycles. The van der Waals surface area contributed by atoms with Gasteiger partial charge in [-0.1, -0.05) is 12.2 Å². The van der Waals surface area contributed by atoms with Gasteiger partial charge in [0.1, 0.15) is 10.8 Å². The topological polar surface area (TPSA) is 62.4 Å². The molecule has 1 aromatic rings. The molecule has 0 radical (unpaired) electrons. The number of rotatable bonds is 4. The third-order valence-corrected chi connectivity index (χ3v) is 2.29. The summed E-state index contributed by atoms with van der Waals surface area (Å²) in [7, 11) is 1.86. The fourth-order valence-electron chi connectivity index (χ4n) is 1.25. The first kappa shape index (κ1) is 11.9. The number of nitrogens with two attached hydrogens (primary N) is 1. The van der Waals surface area contributed by atoms with E-state index in [0.717, 1.165) is 17.1 Å². The molecule has 4 nitrogen and oxygen atoms in total. The second kappa shape index (κ2) is 5.04. The minimum Gasteiger partial charge on any atom is -0.395 e. The first-order chi connectivity index (χ1) is 7.04. The number of likely N-dealkylation sites (N-methyl/N-ethyl adjacent to an activating group) is 1. The van der Waals surface area contributed by atoms with Gasteiger partial charge in [0, 0.05) is 24.8 Å². The van der Waals surface area contributed by atoms with Gasteiger partial charge in [-0.15, -0.1) is 0 Å². The Balaban J connectivity index is 3.03. The molecule has 82 valence electrons. The highest BCUT2D eigenvalue weighted by atomic mass is 32.1. The van der Waals surface area contributed by atoms with Crippen LogP contribution in [0.15, 0.2) is 12.1 Å². The van der Waals surface area contributed by atoms with Crippen molar-refractivity contribution in [3.8, 4) is 0 Å². The molecular weight excluding hydrogens is 210 g/mol. The van der Waals surface area contributed by atoms with Crippen LogP contribution in [0.4, 0.5) is 5.82 Å². The number of nitrogens with zero attached hydrogens (tertiary/aromatic N) is 2. The predicted octanol–water partition coefficient (Wildman–Crippen LogP) is 0.453. The van der Waals surface area contributed by atoms with Gasteiger partial charge in [-0.25, -0.2) is 4.98 Å². The zero-order valence-corrected chi connectivity index (χ0v) is 9.71. The number of hydrogen-bond acceptors (Lipinski definition) is 4. The molecule has 1 aromatic heterocycles. The number of aliphatic hydroxyl groups excluding tert-OH is 1. The quantitative estimate of drug-likeness (QED) is 0.729. The lowest BCUT2D eigenvalue weighted by Crippen LogP contribution is -2.23. The van der Waals surface area contributed by atoms with Crippen LogP contribution in [0.5, 0.6) is 0 Å². The minimum atomic E-state index is 0.0918. The van der Waals surface area contributed by atoms with Gasteiger partial charge in [-0.3, -0.25) is 0 Å². The van der Waals surface area contributed by atoms with Gasteiger partial charge in [0.2, 0.25) is 0 Å². The summed E-state index contributed by atoms with van der Waals surface area (Å²) in [5, 5.41) is 8.83. The average molecular weight is 225 g/mol. The lowest BCUT2D eigenvalue weighted by molar-refractivity contribution is 0.304. The van der Waals surface area contributed by atoms with Crippen molar-refractivity contribution in [2.45, 2.75) is 6.92 Å². The summed E-state index contributed by atoms with van der Waals surface area (Å²) in [5.41, 5.74) is 7.23. The summed E-state index contributed by atoms with van der Waals surface area (Å²) in [4.78, 5) is 6.55. The van der Waals surface area contributed by atoms with E-state index in [0.29, 0.717) is 11.5 Å². The number of aliphatic hydroxyl groups is 1. The van der Waals surface area contributed by atoms with Gasteiger partial charge >= 0.3 is 0 Å². The smallest absolute Gasteiger partial charge is 0.129 e. The molecule has 0 aromatic carbocycles. The van der Waals surface area contributed by atoms with E-state index in [9.17, 15) is 0 Å². The van der Waals surface area contributed by atoms with Crippen molar-refractivity contribution in [3.05, 3.63) is 23.4 Å². The van der Waals surface area contributed by atoms with Crippen LogP contribution in [-0.4, -0.2) is 35.3 Å². The Bertz CT molecular complexity index is 368. The Kier molecular flexibility index (Phi) is 3.99. The lowest BCUT2D eigenvalue weighted by atomic mass is 10.2. The second-order valence-corrected chi connectivity index (χ2v) is 3.80. The monoisotopic (exact) mass is 225 g/mol. The van der Waals surface area contributed by atoms with E-state index in [1.54, 1.807) is 0 Å². The van der Waals surface area contributed by atoms with Crippen molar-refractivity contribution in [2.24, 2.45) is 5.73 Å². The van der Waals surface area contributed by atoms with E-state index in [4.69, 9.17) is 23.1 Å². The van der Waals surface area contributed by atoms with Crippen LogP contribution >= 0.6 is 12.2 Å². The van der Waals surface area contributed by atoms with Crippen molar-refractivity contribution < 1.29 is 5.11 Å². The number of aromatic nitrogens is 1. The van der Waals surface area contributed by atoms with E-state index in [2.05, 4.69) is 4.98 Å². The van der Waals surface area contributed by atoms with E-state index < -0.39 is 0 Å². The fourth-order valence-corrected chi connectivity index (χ4v) is 1.37. The molecule has 0 atom stereocenters. The third-order valence-electron chi connectivity index (χ3n) is 2.05. The molecule has 1 rings (SSSR count). The Morgan fingerprint density at radius 3 is 2.80 bits per heavy atom. The van der Waals surface area contributed by atoms with Crippen molar-refractivity contribution in [2.75, 3.05) is 25.1 Å². The van der Waals surface area contributed by atoms with Gasteiger partial charge in [-0.2, -0.15) is 0 Å². The molecule has 0 bridgehead atoms. The zero-order chi connectivity index (χ0) is 11.4. The van der Waals surface area contributed by atoms with Gasteiger partial charge in [0.15, 0.2) is 0 Å². The Morgan fingerprint density at radius 2 is 2.27 bits per heavy atom. The fraction of sp³-hybridized carbons (Fsp3) is 0.400. The molecule has 3 N–H and O–H groups in total. The molecule has 0 aliphatic carbocycles. The van der Waals surface area contributed by atoms with Crippen molar-refractivity contribution in [3.63, 3.8) is 0 Å². The van der Waals surface area contributed by atoms with E-state index in [-0.39, 0.29) is 6.61 Å². The molecule has 0 aliphatic heterocycles. The molecule has 15 heavy (non-hydrogen) atoms. The number of aryl methyl sites for hydroxylation is 1. The highest BCUT2D eigenvalue weighted by Gasteiger charge is 2.06. The largest absolute Gasteiger partial charge is 0.395 e. The van der Waals surface area contributed by atoms with Gasteiger partial charge in [0.25, 0.3) is 0 Å². The highest BCUT2D eigenvalue weighted by molar-refractivity contribution is 7.80. The Labute approximate surface area is 94.7 Å². The maximum atomic E-state index is 8.83. The molecule has 0 unspecified atom stereocenters. The summed E-state index contributed by atoms with van der Waals surface area (Å²) in [6.45, 7) is 2.51. The van der Waals surface area contributed by atoms with Crippen LogP contribution < -0.4 is 10.6 Å². The van der Waals surface area contributed by atoms with Gasteiger partial charge < -0.3 is 15.7 Å². The molecule has 0 aliphatic rings. The van der Waals surface area contributed by atoms with Crippen LogP contribution in [0.2, 0.25) is 0 Å². The first-order valence-corrected chi connectivity index (χ1v) is 5.06. The van der Waals surface area contributed by atoms with Crippen molar-refractivity contribution in [1.82, 2.24) is 4.98 Å². The summed E-state index contributed by atoms with van der Waals surface area (Å²) in [6, 6.07) is 3.67. The normalized spacial score (nSPS) is 10.1. The highest BCUT2D eigenvalue weighted by Crippen LogP contribution is 2.13. The van der Waals surface area contributed by atoms with E-state index in [1.165, 1.54) is 0 Å². The van der Waals surface area contributed by atoms with Crippen molar-refractivity contribution in [1.29, 1.82) is 0 Å². The van der Waals surface area contributed by atoms with Crippen molar-refractivity contribution >= 4 is 23.0 Å². The summed E-state index contributed by atoms with van der Waals surface area (Å²) < 4.78 is 0. The molecule has 0 amide bonds. The van der Waals surface area contributed by atoms with Crippen LogP contribution in [-0.2, 0) is 0 Å². The number of anilines is 1. The van der Waals surface area contributed by atoms with E-state index >= 15 is 0 Å². The maximum absolute atomic E-state index is 8.83. The molecule has 0 spiro atoms. The third kappa shape index (κ3) is 3.14. The molecule has 0 fully saturated rings. The second-order valence-electron chi connectivity index (χ2n) is 3.36. The Hall–Kier alpha value is -1.20. The molecule has 1 heterocycles. The summed E-state index contributed by atoms with van der Waals surface area (Å²) in [5.74, 6) is 0.770. The van der Waals surface area contributed by atoms with Crippen LogP contribution in [0.1, 0.15) is 11.3 Å². The molecule has 0 saturated carbocycles. The number of thiocarbonyl (C=S) groups is 1. The summed E-state index contributed by atoms with van der Waals surface area (Å²) >= 11 is 4.91. The standard InChI is InChI=1S/C10H15N3OS/c1-7-5-8(10(11)15)6-9(12-7)13(2)3-4-14/h5-6,14H,3-4H2,1-2H3,(H2,11,15). The van der Waals surface area contributed by atoms with Crippen LogP contribution in [0.25, 0.3) is 0 Å². The first-order valence-electron chi connectivity index (χ1n) is 4.65. The van der Waals surface area contributed by atoms with E-state index in [1.807, 2.05) is 31.0 Å². The minimum absolute atomic E-state index is 0.0918. The molecule has 5 heteroatoms. The average Bonchev–Trinajstić information content (AvgIpc) is 2.17. The van der Waals surface area contributed by atoms with Gasteiger partial charge in [-0.05, 0) is 19.1 Å². The Morgan fingerprint density at radius 1 is 1.60 bits per heavy atom. The number of hydrogen-bond donors (Lipinski definition) is 2. The number of pyridine rings is 1. The summed E-state index contributed by atoms with van der Waals surface area (Å²) in [6.07, 6.45) is 0. The van der Waals surface area contributed by atoms with Crippen LogP contribution in [0.3, 0.4) is 0 Å². The van der Waals surface area contributed by atoms with Crippen LogP contribution in [0, 0.1) is 6.92 Å². The van der Waals surface area contributed by atoms with Gasteiger partial charge in [0.05, 0.1) is 6.61 Å². The zero-order valence-electron chi connectivity index (χ0n) is 8.90. The SMILES string of the molecule is Cc1cc(C(N)=S)cc(N(C)CCO)n1. The molecular formula is C10H15N3OS. The lowest BCUT2D eigenvalue weighted by Gasteiger charge is -2.17. The maximum Gasteiger partial charge on any atom is 0.129 e.